The zero-order valence-electron chi connectivity index (χ0n) is 12.4. The second kappa shape index (κ2) is 5.91. The molecule has 0 aromatic heterocycles. The van der Waals surface area contributed by atoms with Gasteiger partial charge in [0.05, 0.1) is 5.54 Å². The van der Waals surface area contributed by atoms with Gasteiger partial charge in [0.25, 0.3) is 0 Å². The Morgan fingerprint density at radius 1 is 1.23 bits per heavy atom. The zero-order chi connectivity index (χ0) is 15.8. The van der Waals surface area contributed by atoms with Crippen molar-refractivity contribution in [3.63, 3.8) is 0 Å². The fraction of sp³-hybridized carbons (Fsp3) is 0.588. The summed E-state index contributed by atoms with van der Waals surface area (Å²) < 4.78 is 28.0. The van der Waals surface area contributed by atoms with Crippen LogP contribution in [-0.4, -0.2) is 11.8 Å². The SMILES string of the molecule is O=C(NC1(c2cccc(Br)c2)CCC1)[C@@H]1CCCC(F)(F)C1. The lowest BCUT2D eigenvalue weighted by Crippen LogP contribution is -2.53. The van der Waals surface area contributed by atoms with Gasteiger partial charge in [0, 0.05) is 23.2 Å². The van der Waals surface area contributed by atoms with Gasteiger partial charge in [-0.15, -0.1) is 0 Å². The van der Waals surface area contributed by atoms with Gasteiger partial charge in [-0.3, -0.25) is 4.79 Å². The Balaban J connectivity index is 1.74. The molecule has 1 N–H and O–H groups in total. The number of nitrogens with one attached hydrogen (secondary N) is 1. The average Bonchev–Trinajstić information content (AvgIpc) is 2.41. The Hall–Kier alpha value is -0.970. The summed E-state index contributed by atoms with van der Waals surface area (Å²) in [5.41, 5.74) is 0.692. The summed E-state index contributed by atoms with van der Waals surface area (Å²) in [7, 11) is 0. The number of benzene rings is 1. The van der Waals surface area contributed by atoms with E-state index in [4.69, 9.17) is 0 Å². The Kier molecular flexibility index (Phi) is 4.27. The van der Waals surface area contributed by atoms with Crippen LogP contribution in [0.2, 0.25) is 0 Å². The maximum absolute atomic E-state index is 13.5. The number of rotatable bonds is 3. The van der Waals surface area contributed by atoms with Crippen LogP contribution in [0.4, 0.5) is 8.78 Å². The van der Waals surface area contributed by atoms with Crippen LogP contribution in [0.15, 0.2) is 28.7 Å². The van der Waals surface area contributed by atoms with Gasteiger partial charge in [-0.2, -0.15) is 0 Å². The molecule has 0 spiro atoms. The lowest BCUT2D eigenvalue weighted by molar-refractivity contribution is -0.135. The van der Waals surface area contributed by atoms with Crippen LogP contribution in [-0.2, 0) is 10.3 Å². The normalized spacial score (nSPS) is 26.0. The highest BCUT2D eigenvalue weighted by Gasteiger charge is 2.44. The van der Waals surface area contributed by atoms with Crippen LogP contribution >= 0.6 is 15.9 Å². The predicted octanol–water partition coefficient (Wildman–Crippen LogP) is 4.77. The first-order chi connectivity index (χ1) is 10.4. The monoisotopic (exact) mass is 371 g/mol. The predicted molar refractivity (Wildman–Crippen MR) is 84.7 cm³/mol. The van der Waals surface area contributed by atoms with E-state index >= 15 is 0 Å². The van der Waals surface area contributed by atoms with E-state index in [-0.39, 0.29) is 24.3 Å². The number of amides is 1. The van der Waals surface area contributed by atoms with Crippen LogP contribution in [0.1, 0.15) is 50.5 Å². The Morgan fingerprint density at radius 2 is 2.00 bits per heavy atom. The maximum Gasteiger partial charge on any atom is 0.248 e. The maximum atomic E-state index is 13.5. The number of hydrogen-bond donors (Lipinski definition) is 1. The summed E-state index contributed by atoms with van der Waals surface area (Å²) in [6.07, 6.45) is 3.39. The van der Waals surface area contributed by atoms with Crippen LogP contribution in [0.3, 0.4) is 0 Å². The highest BCUT2D eigenvalue weighted by atomic mass is 79.9. The Labute approximate surface area is 137 Å². The van der Waals surface area contributed by atoms with Crippen molar-refractivity contribution < 1.29 is 13.6 Å². The molecule has 5 heteroatoms. The molecule has 120 valence electrons. The lowest BCUT2D eigenvalue weighted by Gasteiger charge is -2.44. The molecule has 1 atom stereocenters. The molecule has 0 heterocycles. The number of alkyl halides is 2. The van der Waals surface area contributed by atoms with Crippen LogP contribution in [0.5, 0.6) is 0 Å². The summed E-state index contributed by atoms with van der Waals surface area (Å²) in [4.78, 5) is 12.5. The molecule has 2 saturated carbocycles. The van der Waals surface area contributed by atoms with Gasteiger partial charge in [0.2, 0.25) is 11.8 Å². The summed E-state index contributed by atoms with van der Waals surface area (Å²) in [6, 6.07) is 7.90. The van der Waals surface area contributed by atoms with Crippen LogP contribution < -0.4 is 5.32 Å². The molecule has 2 fully saturated rings. The zero-order valence-corrected chi connectivity index (χ0v) is 14.0. The summed E-state index contributed by atoms with van der Waals surface area (Å²) in [6.45, 7) is 0. The fourth-order valence-corrected chi connectivity index (χ4v) is 3.93. The first kappa shape index (κ1) is 15.9. The van der Waals surface area contributed by atoms with E-state index in [0.29, 0.717) is 12.8 Å². The smallest absolute Gasteiger partial charge is 0.248 e. The molecule has 22 heavy (non-hydrogen) atoms. The van der Waals surface area contributed by atoms with E-state index in [0.717, 1.165) is 29.3 Å². The van der Waals surface area contributed by atoms with Gasteiger partial charge >= 0.3 is 0 Å². The molecule has 1 aromatic rings. The summed E-state index contributed by atoms with van der Waals surface area (Å²) in [5, 5.41) is 3.09. The lowest BCUT2D eigenvalue weighted by atomic mass is 9.71. The molecule has 1 amide bonds. The van der Waals surface area contributed by atoms with Crippen molar-refractivity contribution in [2.75, 3.05) is 0 Å². The van der Waals surface area contributed by atoms with Crippen molar-refractivity contribution in [1.29, 1.82) is 0 Å². The fourth-order valence-electron chi connectivity index (χ4n) is 3.54. The minimum atomic E-state index is -2.69. The molecular formula is C17H20BrF2NO. The summed E-state index contributed by atoms with van der Waals surface area (Å²) >= 11 is 3.45. The molecular weight excluding hydrogens is 352 g/mol. The third-order valence-corrected chi connectivity index (χ3v) is 5.45. The van der Waals surface area contributed by atoms with E-state index in [1.807, 2.05) is 24.3 Å². The molecule has 2 aliphatic rings. The first-order valence-electron chi connectivity index (χ1n) is 7.86. The highest BCUT2D eigenvalue weighted by molar-refractivity contribution is 9.10. The van der Waals surface area contributed by atoms with Crippen LogP contribution in [0, 0.1) is 5.92 Å². The van der Waals surface area contributed by atoms with Crippen molar-refractivity contribution in [3.8, 4) is 0 Å². The largest absolute Gasteiger partial charge is 0.346 e. The quantitative estimate of drug-likeness (QED) is 0.814. The molecule has 0 bridgehead atoms. The van der Waals surface area contributed by atoms with Crippen molar-refractivity contribution in [1.82, 2.24) is 5.32 Å². The van der Waals surface area contributed by atoms with E-state index < -0.39 is 11.8 Å². The molecule has 1 aromatic carbocycles. The summed E-state index contributed by atoms with van der Waals surface area (Å²) in [5.74, 6) is -3.46. The third-order valence-electron chi connectivity index (χ3n) is 4.96. The van der Waals surface area contributed by atoms with Gasteiger partial charge in [-0.1, -0.05) is 28.1 Å². The van der Waals surface area contributed by atoms with E-state index in [1.54, 1.807) is 0 Å². The van der Waals surface area contributed by atoms with E-state index in [1.165, 1.54) is 0 Å². The van der Waals surface area contributed by atoms with Gasteiger partial charge in [0.15, 0.2) is 0 Å². The number of halogens is 3. The van der Waals surface area contributed by atoms with E-state index in [2.05, 4.69) is 21.2 Å². The molecule has 0 radical (unpaired) electrons. The van der Waals surface area contributed by atoms with Crippen molar-refractivity contribution in [3.05, 3.63) is 34.3 Å². The van der Waals surface area contributed by atoms with E-state index in [9.17, 15) is 13.6 Å². The second-order valence-electron chi connectivity index (χ2n) is 6.58. The molecule has 2 aliphatic carbocycles. The minimum Gasteiger partial charge on any atom is -0.346 e. The van der Waals surface area contributed by atoms with Crippen molar-refractivity contribution >= 4 is 21.8 Å². The van der Waals surface area contributed by atoms with Gasteiger partial charge in [-0.05, 0) is 49.8 Å². The Morgan fingerprint density at radius 3 is 2.59 bits per heavy atom. The minimum absolute atomic E-state index is 0.0897. The highest BCUT2D eigenvalue weighted by Crippen LogP contribution is 2.43. The standard InChI is InChI=1S/C17H20BrF2NO/c18-14-6-1-5-13(10-14)16(7-3-8-16)21-15(22)12-4-2-9-17(19,20)11-12/h1,5-6,10,12H,2-4,7-9,11H2,(H,21,22)/t12-/m1/s1. The third kappa shape index (κ3) is 3.19. The molecule has 2 nitrogen and oxygen atoms in total. The number of carbonyl (C=O) groups is 1. The first-order valence-corrected chi connectivity index (χ1v) is 8.65. The van der Waals surface area contributed by atoms with Gasteiger partial charge in [0.1, 0.15) is 0 Å². The topological polar surface area (TPSA) is 29.1 Å². The molecule has 0 aliphatic heterocycles. The number of hydrogen-bond acceptors (Lipinski definition) is 1. The molecule has 0 saturated heterocycles. The number of carbonyl (C=O) groups excluding carboxylic acids is 1. The Bertz CT molecular complexity index is 572. The van der Waals surface area contributed by atoms with Crippen molar-refractivity contribution in [2.24, 2.45) is 5.92 Å². The second-order valence-corrected chi connectivity index (χ2v) is 7.50. The average molecular weight is 372 g/mol. The van der Waals surface area contributed by atoms with Crippen LogP contribution in [0.25, 0.3) is 0 Å². The van der Waals surface area contributed by atoms with Crippen molar-refractivity contribution in [2.45, 2.75) is 56.4 Å². The molecule has 0 unspecified atom stereocenters. The van der Waals surface area contributed by atoms with Gasteiger partial charge < -0.3 is 5.32 Å². The molecule has 3 rings (SSSR count). The van der Waals surface area contributed by atoms with Gasteiger partial charge in [-0.25, -0.2) is 8.78 Å².